The second kappa shape index (κ2) is 8.71. The molecule has 1 aromatic rings. The average molecular weight is 369 g/mol. The highest BCUT2D eigenvalue weighted by Gasteiger charge is 2.20. The molecule has 0 fully saturated rings. The first-order chi connectivity index (χ1) is 11.6. The van der Waals surface area contributed by atoms with Crippen molar-refractivity contribution in [1.82, 2.24) is 15.1 Å². The molecule has 1 aliphatic rings. The maximum Gasteiger partial charge on any atom is 0.225 e. The Labute approximate surface area is 150 Å². The molecule has 0 saturated heterocycles. The van der Waals surface area contributed by atoms with Gasteiger partial charge in [0.05, 0.1) is 5.69 Å². The summed E-state index contributed by atoms with van der Waals surface area (Å²) in [5.74, 6) is 0.544. The Morgan fingerprint density at radius 1 is 1.50 bits per heavy atom. The molecule has 1 aliphatic heterocycles. The third kappa shape index (κ3) is 4.28. The van der Waals surface area contributed by atoms with Crippen LogP contribution in [0.5, 0.6) is 0 Å². The van der Waals surface area contributed by atoms with Crippen LogP contribution in [0.2, 0.25) is 5.02 Å². The highest BCUT2D eigenvalue weighted by molar-refractivity contribution is 6.33. The molecule has 3 N–H and O–H groups in total. The van der Waals surface area contributed by atoms with E-state index in [1.54, 1.807) is 0 Å². The number of aromatic nitrogens is 2. The fourth-order valence-electron chi connectivity index (χ4n) is 2.41. The Bertz CT molecular complexity index is 704. The van der Waals surface area contributed by atoms with E-state index < -0.39 is 0 Å². The van der Waals surface area contributed by atoms with Crippen molar-refractivity contribution in [2.45, 2.75) is 38.6 Å². The van der Waals surface area contributed by atoms with Crippen molar-refractivity contribution in [3.05, 3.63) is 22.1 Å². The highest BCUT2D eigenvalue weighted by atomic mass is 35.5. The first-order valence-corrected chi connectivity index (χ1v) is 8.54. The second-order valence-electron chi connectivity index (χ2n) is 5.30. The van der Waals surface area contributed by atoms with Gasteiger partial charge in [0.2, 0.25) is 5.91 Å². The first kappa shape index (κ1) is 18.3. The van der Waals surface area contributed by atoms with Crippen LogP contribution in [0.4, 0.5) is 5.82 Å². The van der Waals surface area contributed by atoms with Crippen molar-refractivity contribution in [3.8, 4) is 6.07 Å². The van der Waals surface area contributed by atoms with Crippen LogP contribution < -0.4 is 10.6 Å². The maximum absolute atomic E-state index is 11.9. The summed E-state index contributed by atoms with van der Waals surface area (Å²) < 4.78 is 1.83. The van der Waals surface area contributed by atoms with Crippen molar-refractivity contribution >= 4 is 41.1 Å². The summed E-state index contributed by atoms with van der Waals surface area (Å²) in [6, 6.07) is 1.87. The number of allylic oxidation sites excluding steroid dienone is 1. The van der Waals surface area contributed by atoms with Gasteiger partial charge in [0.25, 0.3) is 0 Å². The van der Waals surface area contributed by atoms with Crippen LogP contribution in [-0.4, -0.2) is 27.8 Å². The van der Waals surface area contributed by atoms with Crippen molar-refractivity contribution < 1.29 is 4.79 Å². The van der Waals surface area contributed by atoms with Gasteiger partial charge in [-0.1, -0.05) is 11.6 Å². The zero-order valence-electron chi connectivity index (χ0n) is 13.0. The lowest BCUT2D eigenvalue weighted by Gasteiger charge is -2.12. The van der Waals surface area contributed by atoms with Crippen LogP contribution in [0.1, 0.15) is 31.4 Å². The number of halogens is 2. The first-order valence-electron chi connectivity index (χ1n) is 7.63. The fourth-order valence-corrected chi connectivity index (χ4v) is 2.82. The smallest absolute Gasteiger partial charge is 0.225 e. The Kier molecular flexibility index (Phi) is 6.64. The van der Waals surface area contributed by atoms with Crippen molar-refractivity contribution in [3.63, 3.8) is 0 Å². The van der Waals surface area contributed by atoms with Crippen LogP contribution in [0.15, 0.2) is 11.4 Å². The summed E-state index contributed by atoms with van der Waals surface area (Å²) in [5.41, 5.74) is 0.919. The van der Waals surface area contributed by atoms with E-state index in [1.165, 1.54) is 0 Å². The maximum atomic E-state index is 11.9. The number of fused-ring (bicyclic) bond motifs is 1. The molecule has 0 aliphatic carbocycles. The zero-order chi connectivity index (χ0) is 17.5. The number of nitriles is 1. The lowest BCUT2D eigenvalue weighted by molar-refractivity contribution is -0.120. The number of amides is 1. The number of carbonyl (C=O) groups is 1. The molecule has 7 nitrogen and oxygen atoms in total. The monoisotopic (exact) mass is 368 g/mol. The van der Waals surface area contributed by atoms with E-state index in [9.17, 15) is 4.79 Å². The molecule has 0 saturated carbocycles. The molecule has 0 bridgehead atoms. The number of anilines is 1. The lowest BCUT2D eigenvalue weighted by Crippen LogP contribution is -2.28. The van der Waals surface area contributed by atoms with E-state index in [-0.39, 0.29) is 23.7 Å². The van der Waals surface area contributed by atoms with Crippen LogP contribution in [0.25, 0.3) is 0 Å². The molecule has 9 heteroatoms. The van der Waals surface area contributed by atoms with Gasteiger partial charge in [-0.05, 0) is 25.7 Å². The third-order valence-corrected chi connectivity index (χ3v) is 4.27. The summed E-state index contributed by atoms with van der Waals surface area (Å²) >= 11 is 11.9. The van der Waals surface area contributed by atoms with Crippen LogP contribution in [-0.2, 0) is 17.8 Å². The summed E-state index contributed by atoms with van der Waals surface area (Å²) in [4.78, 5) is 11.9. The summed E-state index contributed by atoms with van der Waals surface area (Å²) in [7, 11) is 0. The van der Waals surface area contributed by atoms with E-state index in [2.05, 4.69) is 15.7 Å². The topological polar surface area (TPSA) is 107 Å². The molecule has 0 spiro atoms. The molecule has 2 rings (SSSR count). The summed E-state index contributed by atoms with van der Waals surface area (Å²) in [5, 5.41) is 26.9. The molecule has 1 amide bonds. The van der Waals surface area contributed by atoms with E-state index in [0.29, 0.717) is 23.1 Å². The van der Waals surface area contributed by atoms with Gasteiger partial charge in [0.15, 0.2) is 5.82 Å². The molecule has 24 heavy (non-hydrogen) atoms. The van der Waals surface area contributed by atoms with Crippen molar-refractivity contribution in [2.75, 3.05) is 11.2 Å². The molecule has 128 valence electrons. The molecule has 2 heterocycles. The van der Waals surface area contributed by atoms with Gasteiger partial charge in [0, 0.05) is 25.1 Å². The Morgan fingerprint density at radius 3 is 2.92 bits per heavy atom. The number of aryl methyl sites for hydroxylation is 1. The Balaban J connectivity index is 2.25. The minimum atomic E-state index is -0.298. The van der Waals surface area contributed by atoms with Gasteiger partial charge in [-0.25, -0.2) is 0 Å². The normalized spacial score (nSPS) is 14.2. The minimum absolute atomic E-state index is 0.0173. The number of hydrogen-bond donors (Lipinski definition) is 3. The molecule has 0 unspecified atom stereocenters. The van der Waals surface area contributed by atoms with Crippen molar-refractivity contribution in [1.29, 1.82) is 10.7 Å². The lowest BCUT2D eigenvalue weighted by atomic mass is 10.1. The SMILES string of the molecule is N#C/C(C=N)=C(\NC(=O)CCCCl)Nc1nn2c(c1Cl)CCCC2. The number of carbonyl (C=O) groups excluding carboxylic acids is 1. The fraction of sp³-hybridized carbons (Fsp3) is 0.467. The standard InChI is InChI=1S/C15H18Cl2N6O/c16-6-3-5-12(24)20-14(10(8-18)9-19)21-15-13(17)11-4-1-2-7-23(11)22-15/h8,18H,1-7H2,(H,20,24)(H,21,22)/b14-10+,18-8?. The van der Waals surface area contributed by atoms with Gasteiger partial charge < -0.3 is 16.0 Å². The van der Waals surface area contributed by atoms with Gasteiger partial charge in [-0.3, -0.25) is 9.48 Å². The van der Waals surface area contributed by atoms with Gasteiger partial charge >= 0.3 is 0 Å². The van der Waals surface area contributed by atoms with E-state index in [1.807, 2.05) is 10.8 Å². The third-order valence-electron chi connectivity index (χ3n) is 3.61. The van der Waals surface area contributed by atoms with Gasteiger partial charge in [-0.2, -0.15) is 10.4 Å². The second-order valence-corrected chi connectivity index (χ2v) is 6.06. The van der Waals surface area contributed by atoms with Gasteiger partial charge in [-0.15, -0.1) is 11.6 Å². The van der Waals surface area contributed by atoms with Crippen LogP contribution in [0.3, 0.4) is 0 Å². The number of nitrogens with zero attached hydrogens (tertiary/aromatic N) is 3. The minimum Gasteiger partial charge on any atom is -0.323 e. The average Bonchev–Trinajstić information content (AvgIpc) is 2.90. The largest absolute Gasteiger partial charge is 0.323 e. The Hall–Kier alpha value is -2.04. The van der Waals surface area contributed by atoms with E-state index >= 15 is 0 Å². The predicted octanol–water partition coefficient (Wildman–Crippen LogP) is 2.80. The van der Waals surface area contributed by atoms with Crippen LogP contribution >= 0.6 is 23.2 Å². The number of rotatable bonds is 7. The van der Waals surface area contributed by atoms with Gasteiger partial charge in [0.1, 0.15) is 22.5 Å². The van der Waals surface area contributed by atoms with Crippen molar-refractivity contribution in [2.24, 2.45) is 0 Å². The van der Waals surface area contributed by atoms with E-state index in [4.69, 9.17) is 33.9 Å². The summed E-state index contributed by atoms with van der Waals surface area (Å²) in [6.07, 6.45) is 4.53. The highest BCUT2D eigenvalue weighted by Crippen LogP contribution is 2.30. The zero-order valence-corrected chi connectivity index (χ0v) is 14.5. The number of hydrogen-bond acceptors (Lipinski definition) is 5. The Morgan fingerprint density at radius 2 is 2.29 bits per heavy atom. The number of alkyl halides is 1. The molecule has 0 atom stereocenters. The molecule has 0 aromatic carbocycles. The molecule has 1 aromatic heterocycles. The van der Waals surface area contributed by atoms with E-state index in [0.717, 1.165) is 37.7 Å². The molecular formula is C15H18Cl2N6O. The quantitative estimate of drug-likeness (QED) is 0.390. The number of nitrogens with one attached hydrogen (secondary N) is 3. The van der Waals surface area contributed by atoms with Crippen LogP contribution in [0, 0.1) is 16.7 Å². The summed E-state index contributed by atoms with van der Waals surface area (Å²) in [6.45, 7) is 0.785. The predicted molar refractivity (Wildman–Crippen MR) is 93.3 cm³/mol. The molecular weight excluding hydrogens is 351 g/mol. The molecule has 0 radical (unpaired) electrons.